The maximum Gasteiger partial charge on any atom is 0.253 e. The molecule has 1 atom stereocenters. The molecule has 2 fully saturated rings. The average molecular weight is 424 g/mol. The quantitative estimate of drug-likeness (QED) is 0.681. The molecule has 2 aromatic rings. The topological polar surface area (TPSA) is 54.9 Å². The van der Waals surface area contributed by atoms with Gasteiger partial charge in [-0.1, -0.05) is 6.07 Å². The lowest BCUT2D eigenvalue weighted by Gasteiger charge is -2.33. The van der Waals surface area contributed by atoms with Gasteiger partial charge in [-0.2, -0.15) is 0 Å². The van der Waals surface area contributed by atoms with Crippen LogP contribution < -0.4 is 4.74 Å². The molecule has 0 aliphatic carbocycles. The zero-order valence-corrected chi connectivity index (χ0v) is 18.4. The predicted molar refractivity (Wildman–Crippen MR) is 120 cm³/mol. The molecular formula is C25H33N3O3. The normalized spacial score (nSPS) is 20.5. The molecule has 4 rings (SSSR count). The van der Waals surface area contributed by atoms with Gasteiger partial charge in [0.2, 0.25) is 0 Å². The van der Waals surface area contributed by atoms with Crippen molar-refractivity contribution in [1.29, 1.82) is 0 Å². The van der Waals surface area contributed by atoms with Crippen LogP contribution in [0.3, 0.4) is 0 Å². The second-order valence-corrected chi connectivity index (χ2v) is 8.65. The summed E-state index contributed by atoms with van der Waals surface area (Å²) >= 11 is 0. The van der Waals surface area contributed by atoms with Crippen molar-refractivity contribution in [2.45, 2.75) is 38.3 Å². The highest BCUT2D eigenvalue weighted by Gasteiger charge is 2.25. The van der Waals surface area contributed by atoms with E-state index in [1.807, 2.05) is 47.5 Å². The minimum Gasteiger partial charge on any atom is -0.490 e. The second kappa shape index (κ2) is 10.7. The zero-order valence-electron chi connectivity index (χ0n) is 18.4. The monoisotopic (exact) mass is 423 g/mol. The minimum atomic E-state index is 0.107. The van der Waals surface area contributed by atoms with Gasteiger partial charge in [0.25, 0.3) is 5.91 Å². The van der Waals surface area contributed by atoms with E-state index in [0.717, 1.165) is 82.0 Å². The third-order valence-corrected chi connectivity index (χ3v) is 6.26. The fourth-order valence-electron chi connectivity index (χ4n) is 4.58. The van der Waals surface area contributed by atoms with E-state index in [9.17, 15) is 4.79 Å². The lowest BCUT2D eigenvalue weighted by atomic mass is 9.98. The summed E-state index contributed by atoms with van der Waals surface area (Å²) in [5, 5.41) is 0. The Morgan fingerprint density at radius 3 is 2.58 bits per heavy atom. The molecule has 0 N–H and O–H groups in total. The minimum absolute atomic E-state index is 0.107. The van der Waals surface area contributed by atoms with Gasteiger partial charge < -0.3 is 14.4 Å². The molecule has 0 saturated carbocycles. The maximum atomic E-state index is 12.9. The molecule has 0 bridgehead atoms. The number of pyridine rings is 1. The van der Waals surface area contributed by atoms with Crippen molar-refractivity contribution in [3.05, 3.63) is 59.9 Å². The summed E-state index contributed by atoms with van der Waals surface area (Å²) in [5.41, 5.74) is 1.85. The van der Waals surface area contributed by atoms with Crippen molar-refractivity contribution >= 4 is 5.91 Å². The second-order valence-electron chi connectivity index (χ2n) is 8.65. The molecule has 6 nitrogen and oxygen atoms in total. The van der Waals surface area contributed by atoms with Crippen molar-refractivity contribution in [3.8, 4) is 5.75 Å². The predicted octanol–water partition coefficient (Wildman–Crippen LogP) is 3.62. The Labute approximate surface area is 185 Å². The van der Waals surface area contributed by atoms with Crippen molar-refractivity contribution in [3.63, 3.8) is 0 Å². The number of ether oxygens (including phenoxy) is 2. The van der Waals surface area contributed by atoms with Gasteiger partial charge in [-0.15, -0.1) is 0 Å². The van der Waals surface area contributed by atoms with E-state index in [-0.39, 0.29) is 12.0 Å². The number of aromatic nitrogens is 1. The van der Waals surface area contributed by atoms with Gasteiger partial charge in [0, 0.05) is 51.6 Å². The lowest BCUT2D eigenvalue weighted by Crippen LogP contribution is -2.41. The standard InChI is InChI=1S/C25H33N3O3/c1-30-19-20-5-4-14-28(17-20)25(29)21-7-9-23(10-8-21)31-24-11-15-27(16-12-24)18-22-6-2-3-13-26-22/h2-3,6-10,13,20,24H,4-5,11-12,14-19H2,1H3/t20-/m0/s1. The molecule has 6 heteroatoms. The summed E-state index contributed by atoms with van der Waals surface area (Å²) in [6.45, 7) is 5.24. The number of nitrogens with zero attached hydrogens (tertiary/aromatic N) is 3. The molecule has 1 amide bonds. The largest absolute Gasteiger partial charge is 0.490 e. The summed E-state index contributed by atoms with van der Waals surface area (Å²) in [4.78, 5) is 21.7. The number of hydrogen-bond acceptors (Lipinski definition) is 5. The van der Waals surface area contributed by atoms with Crippen LogP contribution in [-0.2, 0) is 11.3 Å². The number of likely N-dealkylation sites (tertiary alicyclic amines) is 2. The van der Waals surface area contributed by atoms with E-state index in [4.69, 9.17) is 9.47 Å². The summed E-state index contributed by atoms with van der Waals surface area (Å²) in [6.07, 6.45) is 6.25. The van der Waals surface area contributed by atoms with Crippen LogP contribution in [-0.4, -0.2) is 66.7 Å². The van der Waals surface area contributed by atoms with Crippen LogP contribution in [0.2, 0.25) is 0 Å². The van der Waals surface area contributed by atoms with E-state index in [1.54, 1.807) is 7.11 Å². The van der Waals surface area contributed by atoms with Crippen LogP contribution in [0.25, 0.3) is 0 Å². The number of carbonyl (C=O) groups is 1. The summed E-state index contributed by atoms with van der Waals surface area (Å²) in [6, 6.07) is 13.7. The van der Waals surface area contributed by atoms with Crippen molar-refractivity contribution in [2.75, 3.05) is 39.9 Å². The molecule has 2 aliphatic rings. The molecule has 1 aromatic heterocycles. The van der Waals surface area contributed by atoms with Crippen molar-refractivity contribution in [1.82, 2.24) is 14.8 Å². The van der Waals surface area contributed by atoms with Gasteiger partial charge in [0.05, 0.1) is 12.3 Å². The number of rotatable bonds is 7. The van der Waals surface area contributed by atoms with Crippen LogP contribution in [0.5, 0.6) is 5.75 Å². The van der Waals surface area contributed by atoms with Gasteiger partial charge in [0.15, 0.2) is 0 Å². The first-order valence-corrected chi connectivity index (χ1v) is 11.4. The first-order chi connectivity index (χ1) is 15.2. The van der Waals surface area contributed by atoms with Gasteiger partial charge in [-0.05, 0) is 68.0 Å². The number of benzene rings is 1. The van der Waals surface area contributed by atoms with Crippen LogP contribution in [0.15, 0.2) is 48.7 Å². The van der Waals surface area contributed by atoms with Crippen LogP contribution in [0, 0.1) is 5.92 Å². The van der Waals surface area contributed by atoms with Gasteiger partial charge in [-0.25, -0.2) is 0 Å². The highest BCUT2D eigenvalue weighted by atomic mass is 16.5. The highest BCUT2D eigenvalue weighted by Crippen LogP contribution is 2.23. The SMILES string of the molecule is COC[C@H]1CCCN(C(=O)c2ccc(OC3CCN(Cc4ccccn4)CC3)cc2)C1. The molecular weight excluding hydrogens is 390 g/mol. The van der Waals surface area contributed by atoms with Crippen molar-refractivity contribution in [2.24, 2.45) is 5.92 Å². The Morgan fingerprint density at radius 2 is 1.87 bits per heavy atom. The summed E-state index contributed by atoms with van der Waals surface area (Å²) < 4.78 is 11.5. The highest BCUT2D eigenvalue weighted by molar-refractivity contribution is 5.94. The van der Waals surface area contributed by atoms with E-state index < -0.39 is 0 Å². The average Bonchev–Trinajstić information content (AvgIpc) is 2.81. The fraction of sp³-hybridized carbons (Fsp3) is 0.520. The van der Waals surface area contributed by atoms with Crippen molar-refractivity contribution < 1.29 is 14.3 Å². The van der Waals surface area contributed by atoms with E-state index in [2.05, 4.69) is 16.0 Å². The zero-order chi connectivity index (χ0) is 21.5. The Morgan fingerprint density at radius 1 is 1.06 bits per heavy atom. The summed E-state index contributed by atoms with van der Waals surface area (Å²) in [7, 11) is 1.73. The number of amides is 1. The first-order valence-electron chi connectivity index (χ1n) is 11.4. The molecule has 0 unspecified atom stereocenters. The van der Waals surface area contributed by atoms with E-state index >= 15 is 0 Å². The molecule has 166 valence electrons. The number of carbonyl (C=O) groups excluding carboxylic acids is 1. The summed E-state index contributed by atoms with van der Waals surface area (Å²) in [5.74, 6) is 1.39. The molecule has 2 aliphatic heterocycles. The molecule has 0 radical (unpaired) electrons. The van der Waals surface area contributed by atoms with Crippen LogP contribution >= 0.6 is 0 Å². The number of piperidine rings is 2. The molecule has 31 heavy (non-hydrogen) atoms. The lowest BCUT2D eigenvalue weighted by molar-refractivity contribution is 0.0571. The Kier molecular flexibility index (Phi) is 7.54. The third kappa shape index (κ3) is 6.05. The van der Waals surface area contributed by atoms with Gasteiger partial charge >= 0.3 is 0 Å². The molecule has 0 spiro atoms. The first kappa shape index (κ1) is 21.8. The van der Waals surface area contributed by atoms with E-state index in [1.165, 1.54) is 0 Å². The Balaban J connectivity index is 1.25. The Hall–Kier alpha value is -2.44. The fourth-order valence-corrected chi connectivity index (χ4v) is 4.58. The maximum absolute atomic E-state index is 12.9. The van der Waals surface area contributed by atoms with Crippen LogP contribution in [0.4, 0.5) is 0 Å². The van der Waals surface area contributed by atoms with E-state index in [0.29, 0.717) is 5.92 Å². The van der Waals surface area contributed by atoms with Crippen LogP contribution in [0.1, 0.15) is 41.7 Å². The Bertz CT molecular complexity index is 818. The molecule has 1 aromatic carbocycles. The molecule has 3 heterocycles. The third-order valence-electron chi connectivity index (χ3n) is 6.26. The van der Waals surface area contributed by atoms with Gasteiger partial charge in [-0.3, -0.25) is 14.7 Å². The molecule has 2 saturated heterocycles. The number of methoxy groups -OCH3 is 1. The number of hydrogen-bond donors (Lipinski definition) is 0. The van der Waals surface area contributed by atoms with Gasteiger partial charge in [0.1, 0.15) is 11.9 Å². The smallest absolute Gasteiger partial charge is 0.253 e.